The van der Waals surface area contributed by atoms with E-state index in [1.165, 1.54) is 19.4 Å². The van der Waals surface area contributed by atoms with E-state index in [1.807, 2.05) is 0 Å². The second-order valence-electron chi connectivity index (χ2n) is 3.85. The zero-order chi connectivity index (χ0) is 8.32. The van der Waals surface area contributed by atoms with Gasteiger partial charge in [0.05, 0.1) is 5.60 Å². The van der Waals surface area contributed by atoms with Crippen molar-refractivity contribution < 1.29 is 4.74 Å². The van der Waals surface area contributed by atoms with Gasteiger partial charge in [0.15, 0.2) is 0 Å². The Kier molecular flexibility index (Phi) is 2.90. The van der Waals surface area contributed by atoms with Crippen molar-refractivity contribution in [3.8, 4) is 0 Å². The largest absolute Gasteiger partial charge is 0.378 e. The lowest BCUT2D eigenvalue weighted by Crippen LogP contribution is -2.43. The number of piperidine rings is 1. The van der Waals surface area contributed by atoms with E-state index < -0.39 is 0 Å². The summed E-state index contributed by atoms with van der Waals surface area (Å²) >= 11 is 0. The van der Waals surface area contributed by atoms with Crippen LogP contribution in [0.3, 0.4) is 0 Å². The fourth-order valence-corrected chi connectivity index (χ4v) is 1.61. The third-order valence-electron chi connectivity index (χ3n) is 2.81. The first-order chi connectivity index (χ1) is 5.17. The molecule has 0 aromatic rings. The van der Waals surface area contributed by atoms with E-state index in [1.54, 1.807) is 7.11 Å². The van der Waals surface area contributed by atoms with Gasteiger partial charge in [-0.05, 0) is 39.2 Å². The number of hydrogen-bond donors (Lipinski definition) is 1. The van der Waals surface area contributed by atoms with Crippen LogP contribution in [0.1, 0.15) is 26.7 Å². The third kappa shape index (κ3) is 2.17. The molecule has 2 nitrogen and oxygen atoms in total. The van der Waals surface area contributed by atoms with E-state index >= 15 is 0 Å². The Labute approximate surface area is 69.3 Å². The molecular formula is C9H19NO. The molecule has 1 aliphatic rings. The molecule has 0 aromatic carbocycles. The van der Waals surface area contributed by atoms with Crippen LogP contribution in [0, 0.1) is 5.92 Å². The van der Waals surface area contributed by atoms with E-state index in [0.29, 0.717) is 5.92 Å². The second kappa shape index (κ2) is 3.55. The maximum absolute atomic E-state index is 5.44. The minimum atomic E-state index is 0.0490. The van der Waals surface area contributed by atoms with Crippen LogP contribution in [0.25, 0.3) is 0 Å². The Morgan fingerprint density at radius 2 is 2.18 bits per heavy atom. The van der Waals surface area contributed by atoms with Crippen molar-refractivity contribution in [2.24, 2.45) is 5.92 Å². The first kappa shape index (κ1) is 9.01. The molecule has 0 unspecified atom stereocenters. The van der Waals surface area contributed by atoms with Gasteiger partial charge < -0.3 is 10.1 Å². The molecule has 11 heavy (non-hydrogen) atoms. The highest BCUT2D eigenvalue weighted by atomic mass is 16.5. The van der Waals surface area contributed by atoms with Gasteiger partial charge in [0.1, 0.15) is 0 Å². The van der Waals surface area contributed by atoms with Crippen LogP contribution in [0.2, 0.25) is 0 Å². The maximum atomic E-state index is 5.44. The highest BCUT2D eigenvalue weighted by molar-refractivity contribution is 4.83. The first-order valence-electron chi connectivity index (χ1n) is 4.42. The van der Waals surface area contributed by atoms with Gasteiger partial charge in [0.2, 0.25) is 0 Å². The lowest BCUT2D eigenvalue weighted by molar-refractivity contribution is -0.0351. The Hall–Kier alpha value is -0.0800. The van der Waals surface area contributed by atoms with Gasteiger partial charge in [-0.15, -0.1) is 0 Å². The van der Waals surface area contributed by atoms with Gasteiger partial charge in [0.25, 0.3) is 0 Å². The lowest BCUT2D eigenvalue weighted by atomic mass is 9.85. The van der Waals surface area contributed by atoms with Crippen LogP contribution < -0.4 is 5.32 Å². The first-order valence-corrected chi connectivity index (χ1v) is 4.42. The molecule has 2 heteroatoms. The van der Waals surface area contributed by atoms with Crippen molar-refractivity contribution in [3.63, 3.8) is 0 Å². The molecule has 0 radical (unpaired) electrons. The number of nitrogens with one attached hydrogen (secondary N) is 1. The molecule has 1 heterocycles. The monoisotopic (exact) mass is 157 g/mol. The smallest absolute Gasteiger partial charge is 0.0662 e. The van der Waals surface area contributed by atoms with Crippen LogP contribution >= 0.6 is 0 Å². The number of hydrogen-bond acceptors (Lipinski definition) is 2. The van der Waals surface area contributed by atoms with Crippen LogP contribution in [0.5, 0.6) is 0 Å². The van der Waals surface area contributed by atoms with Crippen molar-refractivity contribution in [3.05, 3.63) is 0 Å². The van der Waals surface area contributed by atoms with Crippen molar-refractivity contribution in [2.75, 3.05) is 20.2 Å². The van der Waals surface area contributed by atoms with E-state index in [9.17, 15) is 0 Å². The normalized spacial score (nSPS) is 27.0. The minimum Gasteiger partial charge on any atom is -0.378 e. The Morgan fingerprint density at radius 3 is 2.64 bits per heavy atom. The topological polar surface area (TPSA) is 21.3 Å². The molecular weight excluding hydrogens is 138 g/mol. The van der Waals surface area contributed by atoms with E-state index in [4.69, 9.17) is 4.74 Å². The summed E-state index contributed by atoms with van der Waals surface area (Å²) in [6, 6.07) is 0. The predicted molar refractivity (Wildman–Crippen MR) is 46.7 cm³/mol. The fraction of sp³-hybridized carbons (Fsp3) is 1.00. The van der Waals surface area contributed by atoms with Crippen LogP contribution in [-0.2, 0) is 4.74 Å². The lowest BCUT2D eigenvalue weighted by Gasteiger charge is -2.36. The van der Waals surface area contributed by atoms with Crippen LogP contribution in [0.15, 0.2) is 0 Å². The van der Waals surface area contributed by atoms with Gasteiger partial charge in [0, 0.05) is 13.7 Å². The summed E-state index contributed by atoms with van der Waals surface area (Å²) in [6.07, 6.45) is 2.59. The quantitative estimate of drug-likeness (QED) is 0.654. The van der Waals surface area contributed by atoms with Crippen molar-refractivity contribution in [1.29, 1.82) is 0 Å². The summed E-state index contributed by atoms with van der Waals surface area (Å²) in [5, 5.41) is 3.40. The van der Waals surface area contributed by atoms with Crippen molar-refractivity contribution >= 4 is 0 Å². The Morgan fingerprint density at radius 1 is 1.45 bits per heavy atom. The van der Waals surface area contributed by atoms with E-state index in [0.717, 1.165) is 6.54 Å². The SMILES string of the molecule is COC(C)(C)[C@H]1CCCNC1. The maximum Gasteiger partial charge on any atom is 0.0662 e. The summed E-state index contributed by atoms with van der Waals surface area (Å²) in [5.41, 5.74) is 0.0490. The molecule has 1 N–H and O–H groups in total. The van der Waals surface area contributed by atoms with Gasteiger partial charge in [-0.1, -0.05) is 0 Å². The molecule has 0 spiro atoms. The molecule has 1 fully saturated rings. The van der Waals surface area contributed by atoms with Gasteiger partial charge in [-0.25, -0.2) is 0 Å². The Bertz CT molecular complexity index is 117. The summed E-state index contributed by atoms with van der Waals surface area (Å²) in [4.78, 5) is 0. The van der Waals surface area contributed by atoms with Gasteiger partial charge in [-0.2, -0.15) is 0 Å². The van der Waals surface area contributed by atoms with Gasteiger partial charge >= 0.3 is 0 Å². The number of rotatable bonds is 2. The zero-order valence-electron chi connectivity index (χ0n) is 7.81. The molecule has 1 atom stereocenters. The average molecular weight is 157 g/mol. The molecule has 1 rings (SSSR count). The standard InChI is InChI=1S/C9H19NO/c1-9(2,11-3)8-5-4-6-10-7-8/h8,10H,4-7H2,1-3H3/t8-/m0/s1. The summed E-state index contributed by atoms with van der Waals surface area (Å²) in [7, 11) is 1.80. The zero-order valence-corrected chi connectivity index (χ0v) is 7.81. The van der Waals surface area contributed by atoms with Gasteiger partial charge in [-0.3, -0.25) is 0 Å². The summed E-state index contributed by atoms with van der Waals surface area (Å²) in [6.45, 7) is 6.63. The summed E-state index contributed by atoms with van der Waals surface area (Å²) in [5.74, 6) is 0.682. The molecule has 1 aliphatic heterocycles. The minimum absolute atomic E-state index is 0.0490. The molecule has 0 amide bonds. The van der Waals surface area contributed by atoms with Crippen molar-refractivity contribution in [2.45, 2.75) is 32.3 Å². The number of methoxy groups -OCH3 is 1. The molecule has 0 bridgehead atoms. The average Bonchev–Trinajstić information content (AvgIpc) is 2.06. The van der Waals surface area contributed by atoms with Crippen molar-refractivity contribution in [1.82, 2.24) is 5.32 Å². The molecule has 0 aliphatic carbocycles. The van der Waals surface area contributed by atoms with E-state index in [-0.39, 0.29) is 5.60 Å². The fourth-order valence-electron chi connectivity index (χ4n) is 1.61. The number of ether oxygens (including phenoxy) is 1. The van der Waals surface area contributed by atoms with Crippen LogP contribution in [-0.4, -0.2) is 25.8 Å². The highest BCUT2D eigenvalue weighted by Gasteiger charge is 2.29. The molecule has 66 valence electrons. The summed E-state index contributed by atoms with van der Waals surface area (Å²) < 4.78 is 5.44. The van der Waals surface area contributed by atoms with E-state index in [2.05, 4.69) is 19.2 Å². The Balaban J connectivity index is 2.43. The predicted octanol–water partition coefficient (Wildman–Crippen LogP) is 1.41. The van der Waals surface area contributed by atoms with Crippen LogP contribution in [0.4, 0.5) is 0 Å². The molecule has 1 saturated heterocycles. The third-order valence-corrected chi connectivity index (χ3v) is 2.81. The second-order valence-corrected chi connectivity index (χ2v) is 3.85. The molecule has 0 saturated carbocycles. The highest BCUT2D eigenvalue weighted by Crippen LogP contribution is 2.25. The molecule has 0 aromatic heterocycles.